The number of likely N-dealkylation sites (N-methyl/N-ethyl adjacent to an activating group) is 1. The van der Waals surface area contributed by atoms with Gasteiger partial charge in [-0.3, -0.25) is 0 Å². The highest BCUT2D eigenvalue weighted by atomic mass is 35.5. The monoisotopic (exact) mass is 301 g/mol. The Morgan fingerprint density at radius 3 is 2.52 bits per heavy atom. The van der Waals surface area contributed by atoms with E-state index in [9.17, 15) is 0 Å². The second kappa shape index (κ2) is 6.81. The molecule has 21 heavy (non-hydrogen) atoms. The molecule has 0 bridgehead atoms. The van der Waals surface area contributed by atoms with Crippen molar-refractivity contribution >= 4 is 22.4 Å². The molecule has 2 heteroatoms. The summed E-state index contributed by atoms with van der Waals surface area (Å²) in [4.78, 5) is 2.46. The van der Waals surface area contributed by atoms with Gasteiger partial charge in [0.15, 0.2) is 0 Å². The summed E-state index contributed by atoms with van der Waals surface area (Å²) in [5.41, 5.74) is 1.23. The molecule has 1 fully saturated rings. The summed E-state index contributed by atoms with van der Waals surface area (Å²) in [5.74, 6) is 0. The fraction of sp³-hybridized carbons (Fsp3) is 0.474. The van der Waals surface area contributed by atoms with E-state index in [4.69, 9.17) is 11.6 Å². The average molecular weight is 302 g/mol. The number of halogens is 1. The number of hydrogen-bond acceptors (Lipinski definition) is 1. The minimum Gasteiger partial charge on any atom is -0.302 e. The molecule has 0 spiro atoms. The van der Waals surface area contributed by atoms with Crippen molar-refractivity contribution in [1.29, 1.82) is 0 Å². The minimum absolute atomic E-state index is 0.0709. The lowest BCUT2D eigenvalue weighted by atomic mass is 9.94. The summed E-state index contributed by atoms with van der Waals surface area (Å²) in [6.45, 7) is 0.935. The number of rotatable bonds is 4. The highest BCUT2D eigenvalue weighted by Gasteiger charge is 2.20. The number of alkyl halides is 1. The molecule has 1 aliphatic carbocycles. The van der Waals surface area contributed by atoms with E-state index in [0.29, 0.717) is 0 Å². The Balaban J connectivity index is 1.69. The molecule has 1 saturated carbocycles. The van der Waals surface area contributed by atoms with Gasteiger partial charge in [0.05, 0.1) is 5.38 Å². The molecule has 0 N–H and O–H groups in total. The SMILES string of the molecule is CN(CC(Cl)c1ccc2ccccc2c1)C1CCCCC1. The van der Waals surface area contributed by atoms with Gasteiger partial charge in [-0.2, -0.15) is 0 Å². The topological polar surface area (TPSA) is 3.24 Å². The van der Waals surface area contributed by atoms with E-state index in [-0.39, 0.29) is 5.38 Å². The molecule has 0 saturated heterocycles. The van der Waals surface area contributed by atoms with Crippen LogP contribution in [-0.2, 0) is 0 Å². The molecule has 2 aromatic carbocycles. The summed E-state index contributed by atoms with van der Waals surface area (Å²) in [5, 5.41) is 2.63. The molecule has 112 valence electrons. The van der Waals surface area contributed by atoms with Gasteiger partial charge in [-0.25, -0.2) is 0 Å². The lowest BCUT2D eigenvalue weighted by Gasteiger charge is -2.32. The van der Waals surface area contributed by atoms with Crippen LogP contribution in [0.15, 0.2) is 42.5 Å². The van der Waals surface area contributed by atoms with Crippen LogP contribution < -0.4 is 0 Å². The van der Waals surface area contributed by atoms with E-state index in [2.05, 4.69) is 54.4 Å². The van der Waals surface area contributed by atoms with Crippen molar-refractivity contribution in [3.8, 4) is 0 Å². The molecule has 3 rings (SSSR count). The predicted molar refractivity (Wildman–Crippen MR) is 92.0 cm³/mol. The second-order valence-electron chi connectivity index (χ2n) is 6.31. The number of nitrogens with zero attached hydrogens (tertiary/aromatic N) is 1. The van der Waals surface area contributed by atoms with Gasteiger partial charge in [0, 0.05) is 12.6 Å². The molecule has 1 nitrogen and oxygen atoms in total. The molecule has 0 aromatic heterocycles. The van der Waals surface area contributed by atoms with Gasteiger partial charge in [0.25, 0.3) is 0 Å². The van der Waals surface area contributed by atoms with Crippen molar-refractivity contribution in [1.82, 2.24) is 4.90 Å². The van der Waals surface area contributed by atoms with Crippen LogP contribution in [0.25, 0.3) is 10.8 Å². The Kier molecular flexibility index (Phi) is 4.82. The van der Waals surface area contributed by atoms with E-state index >= 15 is 0 Å². The third kappa shape index (κ3) is 3.59. The molecule has 1 atom stereocenters. The third-order valence-corrected chi connectivity index (χ3v) is 5.17. The van der Waals surface area contributed by atoms with Crippen molar-refractivity contribution in [2.75, 3.05) is 13.6 Å². The zero-order valence-corrected chi connectivity index (χ0v) is 13.5. The Labute approximate surface area is 132 Å². The highest BCUT2D eigenvalue weighted by molar-refractivity contribution is 6.21. The van der Waals surface area contributed by atoms with Crippen LogP contribution in [-0.4, -0.2) is 24.5 Å². The van der Waals surface area contributed by atoms with Gasteiger partial charge in [-0.15, -0.1) is 11.6 Å². The highest BCUT2D eigenvalue weighted by Crippen LogP contribution is 2.28. The van der Waals surface area contributed by atoms with Crippen molar-refractivity contribution in [3.63, 3.8) is 0 Å². The van der Waals surface area contributed by atoms with Crippen LogP contribution in [0, 0.1) is 0 Å². The second-order valence-corrected chi connectivity index (χ2v) is 6.83. The first-order valence-corrected chi connectivity index (χ1v) is 8.51. The van der Waals surface area contributed by atoms with E-state index in [1.165, 1.54) is 48.4 Å². The first-order valence-electron chi connectivity index (χ1n) is 8.07. The zero-order valence-electron chi connectivity index (χ0n) is 12.8. The molecule has 1 aliphatic rings. The Morgan fingerprint density at radius 1 is 1.05 bits per heavy atom. The summed E-state index contributed by atoms with van der Waals surface area (Å²) in [6.07, 6.45) is 6.81. The maximum Gasteiger partial charge on any atom is 0.0712 e. The van der Waals surface area contributed by atoms with Gasteiger partial charge in [0.2, 0.25) is 0 Å². The summed E-state index contributed by atoms with van der Waals surface area (Å²) >= 11 is 6.68. The first-order chi connectivity index (χ1) is 10.2. The van der Waals surface area contributed by atoms with Crippen LogP contribution >= 0.6 is 11.6 Å². The number of fused-ring (bicyclic) bond motifs is 1. The van der Waals surface area contributed by atoms with Crippen molar-refractivity contribution in [3.05, 3.63) is 48.0 Å². The van der Waals surface area contributed by atoms with E-state index in [1.54, 1.807) is 0 Å². The van der Waals surface area contributed by atoms with Crippen LogP contribution in [0.2, 0.25) is 0 Å². The van der Waals surface area contributed by atoms with Crippen LogP contribution in [0.1, 0.15) is 43.0 Å². The maximum absolute atomic E-state index is 6.68. The van der Waals surface area contributed by atoms with Gasteiger partial charge < -0.3 is 4.90 Å². The van der Waals surface area contributed by atoms with E-state index in [0.717, 1.165) is 12.6 Å². The van der Waals surface area contributed by atoms with Crippen LogP contribution in [0.3, 0.4) is 0 Å². The van der Waals surface area contributed by atoms with Gasteiger partial charge in [-0.05, 0) is 42.3 Å². The zero-order chi connectivity index (χ0) is 14.7. The summed E-state index contributed by atoms with van der Waals surface area (Å²) in [7, 11) is 2.23. The predicted octanol–water partition coefficient (Wildman–Crippen LogP) is 5.38. The standard InChI is InChI=1S/C19H24ClN/c1-21(18-9-3-2-4-10-18)14-19(20)17-12-11-15-7-5-6-8-16(15)13-17/h5-8,11-13,18-19H,2-4,9-10,14H2,1H3. The smallest absolute Gasteiger partial charge is 0.0712 e. The molecule has 0 heterocycles. The normalized spacial score (nSPS) is 18.2. The molecule has 0 aliphatic heterocycles. The Hall–Kier alpha value is -1.05. The largest absolute Gasteiger partial charge is 0.302 e. The number of hydrogen-bond donors (Lipinski definition) is 0. The average Bonchev–Trinajstić information content (AvgIpc) is 2.55. The van der Waals surface area contributed by atoms with E-state index < -0.39 is 0 Å². The van der Waals surface area contributed by atoms with Gasteiger partial charge in [-0.1, -0.05) is 55.7 Å². The van der Waals surface area contributed by atoms with Gasteiger partial charge >= 0.3 is 0 Å². The molecule has 0 radical (unpaired) electrons. The van der Waals surface area contributed by atoms with Crippen LogP contribution in [0.4, 0.5) is 0 Å². The van der Waals surface area contributed by atoms with E-state index in [1.807, 2.05) is 0 Å². The maximum atomic E-state index is 6.68. The molecular weight excluding hydrogens is 278 g/mol. The summed E-state index contributed by atoms with van der Waals surface area (Å²) < 4.78 is 0. The lowest BCUT2D eigenvalue weighted by Crippen LogP contribution is -2.35. The molecular formula is C19H24ClN. The Morgan fingerprint density at radius 2 is 1.76 bits per heavy atom. The van der Waals surface area contributed by atoms with Crippen molar-refractivity contribution in [2.45, 2.75) is 43.5 Å². The van der Waals surface area contributed by atoms with Crippen LogP contribution in [0.5, 0.6) is 0 Å². The fourth-order valence-corrected chi connectivity index (χ4v) is 3.79. The van der Waals surface area contributed by atoms with Crippen molar-refractivity contribution < 1.29 is 0 Å². The lowest BCUT2D eigenvalue weighted by molar-refractivity contribution is 0.192. The Bertz CT molecular complexity index is 589. The summed E-state index contributed by atoms with van der Waals surface area (Å²) in [6, 6.07) is 15.8. The first kappa shape index (κ1) is 14.9. The quantitative estimate of drug-likeness (QED) is 0.685. The van der Waals surface area contributed by atoms with Crippen molar-refractivity contribution in [2.24, 2.45) is 0 Å². The third-order valence-electron chi connectivity index (χ3n) is 4.78. The minimum atomic E-state index is 0.0709. The molecule has 0 amide bonds. The fourth-order valence-electron chi connectivity index (χ4n) is 3.43. The number of benzene rings is 2. The molecule has 1 unspecified atom stereocenters. The molecule has 2 aromatic rings. The van der Waals surface area contributed by atoms with Gasteiger partial charge in [0.1, 0.15) is 0 Å².